The lowest BCUT2D eigenvalue weighted by Crippen LogP contribution is -2.24. The van der Waals surface area contributed by atoms with Crippen LogP contribution < -0.4 is 20.1 Å². The number of nitrogens with zero attached hydrogens (tertiary/aromatic N) is 2. The molecule has 4 rings (SSSR count). The molecule has 0 saturated carbocycles. The predicted octanol–water partition coefficient (Wildman–Crippen LogP) is 3.99. The van der Waals surface area contributed by atoms with Crippen LogP contribution in [0, 0.1) is 11.6 Å². The van der Waals surface area contributed by atoms with Crippen LogP contribution >= 0.6 is 0 Å². The van der Waals surface area contributed by atoms with Crippen LogP contribution in [0.3, 0.4) is 0 Å². The van der Waals surface area contributed by atoms with Crippen LogP contribution in [0.2, 0.25) is 0 Å². The highest BCUT2D eigenvalue weighted by atomic mass is 19.1. The van der Waals surface area contributed by atoms with Crippen molar-refractivity contribution in [2.75, 3.05) is 14.2 Å². The Hall–Kier alpha value is -4.54. The average Bonchev–Trinajstić information content (AvgIpc) is 3.31. The number of nitrogens with one attached hydrogen (secondary N) is 3. The summed E-state index contributed by atoms with van der Waals surface area (Å²) in [5.74, 6) is -2.56. The molecule has 2 aromatic carbocycles. The molecule has 0 unspecified atom stereocenters. The largest absolute Gasteiger partial charge is 0.488 e. The smallest absolute Gasteiger partial charge is 0.272 e. The molecule has 0 saturated heterocycles. The zero-order chi connectivity index (χ0) is 26.7. The van der Waals surface area contributed by atoms with Gasteiger partial charge in [0, 0.05) is 42.4 Å². The highest BCUT2D eigenvalue weighted by Gasteiger charge is 2.19. The summed E-state index contributed by atoms with van der Waals surface area (Å²) in [6, 6.07) is 8.74. The second kappa shape index (κ2) is 10.6. The lowest BCUT2D eigenvalue weighted by molar-refractivity contribution is 0.0942. The number of fused-ring (bicyclic) bond motifs is 1. The number of hydrogen-bond donors (Lipinski definition) is 3. The fraction of sp³-hybridized carbons (Fsp3) is 0.231. The first-order valence-electron chi connectivity index (χ1n) is 11.4. The van der Waals surface area contributed by atoms with Crippen LogP contribution in [0.5, 0.6) is 11.6 Å². The van der Waals surface area contributed by atoms with E-state index in [4.69, 9.17) is 9.47 Å². The third kappa shape index (κ3) is 5.35. The molecule has 2 amide bonds. The number of rotatable bonds is 8. The van der Waals surface area contributed by atoms with Crippen molar-refractivity contribution in [2.45, 2.75) is 26.5 Å². The molecule has 0 atom stereocenters. The molecule has 4 aromatic rings. The number of carbonyl (C=O) groups excluding carboxylic acids is 2. The number of aromatic nitrogens is 3. The van der Waals surface area contributed by atoms with Crippen LogP contribution in [-0.4, -0.2) is 47.3 Å². The molecule has 0 radical (unpaired) electrons. The molecule has 0 aliphatic rings. The Bertz CT molecular complexity index is 1490. The van der Waals surface area contributed by atoms with Gasteiger partial charge < -0.3 is 20.1 Å². The number of H-pyrrole nitrogens is 1. The third-order valence-corrected chi connectivity index (χ3v) is 5.51. The molecule has 2 heterocycles. The summed E-state index contributed by atoms with van der Waals surface area (Å²) < 4.78 is 38.9. The topological polar surface area (TPSA) is 118 Å². The van der Waals surface area contributed by atoms with Gasteiger partial charge in [0.05, 0.1) is 18.7 Å². The quantitative estimate of drug-likeness (QED) is 0.331. The number of hydrogen-bond acceptors (Lipinski definition) is 6. The van der Waals surface area contributed by atoms with E-state index >= 15 is 0 Å². The Labute approximate surface area is 211 Å². The molecule has 0 fully saturated rings. The van der Waals surface area contributed by atoms with E-state index in [0.29, 0.717) is 22.0 Å². The van der Waals surface area contributed by atoms with Crippen LogP contribution in [0.4, 0.5) is 8.78 Å². The van der Waals surface area contributed by atoms with Crippen molar-refractivity contribution in [1.82, 2.24) is 25.8 Å². The molecular formula is C26H25F2N5O4. The molecule has 0 spiro atoms. The summed E-state index contributed by atoms with van der Waals surface area (Å²) in [5.41, 5.74) is 2.49. The first-order valence-corrected chi connectivity index (χ1v) is 11.4. The summed E-state index contributed by atoms with van der Waals surface area (Å²) in [7, 11) is 2.90. The van der Waals surface area contributed by atoms with Gasteiger partial charge in [-0.15, -0.1) is 0 Å². The first kappa shape index (κ1) is 25.5. The maximum absolute atomic E-state index is 14.3. The number of methoxy groups -OCH3 is 1. The first-order chi connectivity index (χ1) is 17.7. The molecule has 9 nitrogen and oxygen atoms in total. The minimum atomic E-state index is -0.854. The molecule has 11 heteroatoms. The summed E-state index contributed by atoms with van der Waals surface area (Å²) >= 11 is 0. The number of ether oxygens (including phenoxy) is 2. The van der Waals surface area contributed by atoms with Crippen molar-refractivity contribution < 1.29 is 27.8 Å². The number of amides is 2. The molecule has 2 aromatic heterocycles. The summed E-state index contributed by atoms with van der Waals surface area (Å²) in [4.78, 5) is 29.3. The maximum atomic E-state index is 14.3. The monoisotopic (exact) mass is 509 g/mol. The Balaban J connectivity index is 1.62. The van der Waals surface area contributed by atoms with Crippen molar-refractivity contribution in [3.05, 3.63) is 71.1 Å². The minimum absolute atomic E-state index is 0.0786. The van der Waals surface area contributed by atoms with E-state index < -0.39 is 17.5 Å². The predicted molar refractivity (Wildman–Crippen MR) is 133 cm³/mol. The Morgan fingerprint density at radius 2 is 1.86 bits per heavy atom. The van der Waals surface area contributed by atoms with Gasteiger partial charge in [0.1, 0.15) is 11.4 Å². The zero-order valence-corrected chi connectivity index (χ0v) is 20.6. The van der Waals surface area contributed by atoms with Gasteiger partial charge in [0.25, 0.3) is 11.8 Å². The molecule has 0 aliphatic heterocycles. The number of pyridine rings is 1. The van der Waals surface area contributed by atoms with Crippen molar-refractivity contribution in [2.24, 2.45) is 0 Å². The van der Waals surface area contributed by atoms with E-state index in [1.165, 1.54) is 14.2 Å². The number of halogens is 2. The Kier molecular flexibility index (Phi) is 7.32. The molecule has 0 aliphatic carbocycles. The summed E-state index contributed by atoms with van der Waals surface area (Å²) in [6.07, 6.45) is 1.19. The Morgan fingerprint density at radius 1 is 1.08 bits per heavy atom. The molecule has 0 bridgehead atoms. The third-order valence-electron chi connectivity index (χ3n) is 5.51. The van der Waals surface area contributed by atoms with Gasteiger partial charge in [-0.05, 0) is 43.7 Å². The van der Waals surface area contributed by atoms with E-state index in [1.807, 2.05) is 0 Å². The van der Waals surface area contributed by atoms with Crippen LogP contribution in [-0.2, 0) is 6.54 Å². The Morgan fingerprint density at radius 3 is 2.57 bits per heavy atom. The lowest BCUT2D eigenvalue weighted by atomic mass is 10.0. The van der Waals surface area contributed by atoms with Crippen molar-refractivity contribution in [1.29, 1.82) is 0 Å². The normalized spacial score (nSPS) is 11.0. The average molecular weight is 510 g/mol. The van der Waals surface area contributed by atoms with Gasteiger partial charge >= 0.3 is 0 Å². The van der Waals surface area contributed by atoms with Gasteiger partial charge in [0.2, 0.25) is 5.88 Å². The molecular weight excluding hydrogens is 484 g/mol. The van der Waals surface area contributed by atoms with Crippen molar-refractivity contribution in [3.8, 4) is 22.8 Å². The fourth-order valence-electron chi connectivity index (χ4n) is 3.81. The van der Waals surface area contributed by atoms with Gasteiger partial charge in [-0.3, -0.25) is 14.7 Å². The van der Waals surface area contributed by atoms with Crippen molar-refractivity contribution in [3.63, 3.8) is 0 Å². The minimum Gasteiger partial charge on any atom is -0.488 e. The fourth-order valence-corrected chi connectivity index (χ4v) is 3.81. The molecule has 3 N–H and O–H groups in total. The standard InChI is InChI=1S/C26H25F2N5O4/c1-13(2)37-23-16(7-17(27)10-20(23)28)12-30-24(34)19-8-15(11-31-26(19)36-4)14-5-6-18-21(9-14)32-33-22(18)25(35)29-3/h5-11,13H,12H2,1-4H3,(H,29,35)(H,30,34)(H,32,33). The van der Waals surface area contributed by atoms with Gasteiger partial charge in [-0.1, -0.05) is 6.07 Å². The maximum Gasteiger partial charge on any atom is 0.272 e. The zero-order valence-electron chi connectivity index (χ0n) is 20.6. The van der Waals surface area contributed by atoms with Crippen LogP contribution in [0.25, 0.3) is 22.0 Å². The molecule has 192 valence electrons. The van der Waals surface area contributed by atoms with Crippen LogP contribution in [0.1, 0.15) is 40.3 Å². The van der Waals surface area contributed by atoms with Gasteiger partial charge in [-0.25, -0.2) is 13.8 Å². The van der Waals surface area contributed by atoms with E-state index in [9.17, 15) is 18.4 Å². The molecule has 37 heavy (non-hydrogen) atoms. The second-order valence-corrected chi connectivity index (χ2v) is 8.42. The van der Waals surface area contributed by atoms with E-state index in [2.05, 4.69) is 25.8 Å². The van der Waals surface area contributed by atoms with Gasteiger partial charge in [-0.2, -0.15) is 5.10 Å². The SMILES string of the molecule is CNC(=O)c1n[nH]c2cc(-c3cnc(OC)c(C(=O)NCc4cc(F)cc(F)c4OC(C)C)c3)ccc12. The summed E-state index contributed by atoms with van der Waals surface area (Å²) in [6.45, 7) is 3.24. The van der Waals surface area contributed by atoms with Gasteiger partial charge in [0.15, 0.2) is 17.3 Å². The highest BCUT2D eigenvalue weighted by molar-refractivity contribution is 6.05. The van der Waals surface area contributed by atoms with Crippen molar-refractivity contribution >= 4 is 22.7 Å². The number of carbonyl (C=O) groups is 2. The summed E-state index contributed by atoms with van der Waals surface area (Å²) in [5, 5.41) is 12.7. The van der Waals surface area contributed by atoms with E-state index in [1.54, 1.807) is 44.3 Å². The number of aromatic amines is 1. The van der Waals surface area contributed by atoms with E-state index in [-0.39, 0.29) is 47.0 Å². The number of benzene rings is 2. The van der Waals surface area contributed by atoms with E-state index in [0.717, 1.165) is 12.1 Å². The highest BCUT2D eigenvalue weighted by Crippen LogP contribution is 2.29. The van der Waals surface area contributed by atoms with Crippen LogP contribution in [0.15, 0.2) is 42.6 Å². The lowest BCUT2D eigenvalue weighted by Gasteiger charge is -2.16. The second-order valence-electron chi connectivity index (χ2n) is 8.42.